The second kappa shape index (κ2) is 6.21. The lowest BCUT2D eigenvalue weighted by Crippen LogP contribution is -2.48. The van der Waals surface area contributed by atoms with Crippen LogP contribution in [0.3, 0.4) is 0 Å². The summed E-state index contributed by atoms with van der Waals surface area (Å²) in [5, 5.41) is 12.6. The van der Waals surface area contributed by atoms with Gasteiger partial charge in [-0.25, -0.2) is 12.7 Å². The zero-order valence-electron chi connectivity index (χ0n) is 11.5. The molecule has 0 radical (unpaired) electrons. The first-order chi connectivity index (χ1) is 8.99. The number of hydrogen-bond donors (Lipinski definition) is 1. The quantitative estimate of drug-likeness (QED) is 0.842. The maximum atomic E-state index is 11.4. The van der Waals surface area contributed by atoms with Crippen molar-refractivity contribution in [3.05, 3.63) is 0 Å². The van der Waals surface area contributed by atoms with Gasteiger partial charge in [-0.2, -0.15) is 5.26 Å². The molecule has 108 valence electrons. The fourth-order valence-electron chi connectivity index (χ4n) is 3.15. The molecule has 1 saturated heterocycles. The molecule has 5 nitrogen and oxygen atoms in total. The van der Waals surface area contributed by atoms with Gasteiger partial charge in [-0.3, -0.25) is 0 Å². The molecule has 0 spiro atoms. The van der Waals surface area contributed by atoms with Crippen molar-refractivity contribution < 1.29 is 8.42 Å². The molecule has 2 fully saturated rings. The Morgan fingerprint density at radius 3 is 2.42 bits per heavy atom. The summed E-state index contributed by atoms with van der Waals surface area (Å²) in [5.41, 5.74) is 0. The molecule has 2 rings (SSSR count). The van der Waals surface area contributed by atoms with Crippen molar-refractivity contribution in [1.82, 2.24) is 9.62 Å². The molecule has 1 saturated carbocycles. The van der Waals surface area contributed by atoms with Gasteiger partial charge in [-0.1, -0.05) is 6.42 Å². The van der Waals surface area contributed by atoms with Gasteiger partial charge in [-0.05, 0) is 32.1 Å². The van der Waals surface area contributed by atoms with E-state index in [2.05, 4.69) is 11.4 Å². The van der Waals surface area contributed by atoms with Crippen LogP contribution < -0.4 is 5.32 Å². The highest BCUT2D eigenvalue weighted by molar-refractivity contribution is 7.88. The van der Waals surface area contributed by atoms with Gasteiger partial charge in [0.25, 0.3) is 0 Å². The largest absolute Gasteiger partial charge is 0.311 e. The molecule has 1 aliphatic heterocycles. The molecule has 0 amide bonds. The van der Waals surface area contributed by atoms with Crippen LogP contribution in [0.25, 0.3) is 0 Å². The van der Waals surface area contributed by atoms with Gasteiger partial charge in [-0.15, -0.1) is 0 Å². The van der Waals surface area contributed by atoms with Crippen LogP contribution in [0.1, 0.15) is 38.5 Å². The van der Waals surface area contributed by atoms with Crippen LogP contribution in [0.4, 0.5) is 0 Å². The van der Waals surface area contributed by atoms with E-state index in [1.165, 1.54) is 6.26 Å². The van der Waals surface area contributed by atoms with Crippen LogP contribution in [0.5, 0.6) is 0 Å². The first-order valence-electron chi connectivity index (χ1n) is 7.10. The minimum Gasteiger partial charge on any atom is -0.311 e. The average molecular weight is 285 g/mol. The Balaban J connectivity index is 1.78. The second-order valence-corrected chi connectivity index (χ2v) is 7.77. The molecule has 2 atom stereocenters. The average Bonchev–Trinajstić information content (AvgIpc) is 2.38. The molecular weight excluding hydrogens is 262 g/mol. The maximum Gasteiger partial charge on any atom is 0.211 e. The summed E-state index contributed by atoms with van der Waals surface area (Å²) in [6.45, 7) is 1.23. The van der Waals surface area contributed by atoms with Crippen molar-refractivity contribution >= 4 is 10.0 Å². The second-order valence-electron chi connectivity index (χ2n) is 5.79. The Morgan fingerprint density at radius 2 is 1.84 bits per heavy atom. The van der Waals surface area contributed by atoms with E-state index in [1.807, 2.05) is 0 Å². The van der Waals surface area contributed by atoms with E-state index in [9.17, 15) is 8.42 Å². The van der Waals surface area contributed by atoms with E-state index >= 15 is 0 Å². The van der Waals surface area contributed by atoms with Crippen LogP contribution in [0.15, 0.2) is 0 Å². The Hall–Kier alpha value is -0.640. The lowest BCUT2D eigenvalue weighted by molar-refractivity contribution is 0.241. The number of rotatable bonds is 3. The van der Waals surface area contributed by atoms with Gasteiger partial charge in [0, 0.05) is 31.1 Å². The molecule has 2 aliphatic rings. The summed E-state index contributed by atoms with van der Waals surface area (Å²) >= 11 is 0. The third-order valence-corrected chi connectivity index (χ3v) is 5.55. The topological polar surface area (TPSA) is 73.2 Å². The van der Waals surface area contributed by atoms with Crippen molar-refractivity contribution in [3.8, 4) is 6.07 Å². The third kappa shape index (κ3) is 4.16. The fourth-order valence-corrected chi connectivity index (χ4v) is 4.02. The van der Waals surface area contributed by atoms with Gasteiger partial charge in [0.05, 0.1) is 12.3 Å². The van der Waals surface area contributed by atoms with Gasteiger partial charge >= 0.3 is 0 Å². The minimum atomic E-state index is -3.03. The molecule has 0 aromatic heterocycles. The first-order valence-corrected chi connectivity index (χ1v) is 8.94. The van der Waals surface area contributed by atoms with E-state index in [0.29, 0.717) is 25.2 Å². The van der Waals surface area contributed by atoms with Crippen LogP contribution >= 0.6 is 0 Å². The Bertz CT molecular complexity index is 435. The molecule has 0 aromatic carbocycles. The molecular formula is C13H23N3O2S. The van der Waals surface area contributed by atoms with E-state index in [1.54, 1.807) is 4.31 Å². The van der Waals surface area contributed by atoms with E-state index < -0.39 is 10.0 Å². The summed E-state index contributed by atoms with van der Waals surface area (Å²) in [4.78, 5) is 0. The number of piperidine rings is 1. The molecule has 1 aliphatic carbocycles. The van der Waals surface area contributed by atoms with Gasteiger partial charge < -0.3 is 5.32 Å². The summed E-state index contributed by atoms with van der Waals surface area (Å²) in [5.74, 6) is 0.197. The van der Waals surface area contributed by atoms with E-state index in [0.717, 1.165) is 38.5 Å². The van der Waals surface area contributed by atoms with Crippen molar-refractivity contribution in [2.24, 2.45) is 5.92 Å². The van der Waals surface area contributed by atoms with Gasteiger partial charge in [0.1, 0.15) is 0 Å². The van der Waals surface area contributed by atoms with Crippen LogP contribution in [0, 0.1) is 17.2 Å². The standard InChI is InChI=1S/C13H23N3O2S/c1-19(17,18)16-7-5-12(6-8-16)15-13-4-2-3-11(9-13)10-14/h11-13,15H,2-9H2,1H3/t11-,13-/m0/s1. The molecule has 6 heteroatoms. The van der Waals surface area contributed by atoms with Gasteiger partial charge in [0.15, 0.2) is 0 Å². The first kappa shape index (κ1) is 14.8. The highest BCUT2D eigenvalue weighted by atomic mass is 32.2. The molecule has 19 heavy (non-hydrogen) atoms. The Kier molecular flexibility index (Phi) is 4.82. The lowest BCUT2D eigenvalue weighted by atomic mass is 9.86. The molecule has 1 heterocycles. The van der Waals surface area contributed by atoms with Crippen LogP contribution in [-0.4, -0.2) is 44.2 Å². The number of nitrogens with one attached hydrogen (secondary N) is 1. The summed E-state index contributed by atoms with van der Waals surface area (Å²) in [7, 11) is -3.03. The third-order valence-electron chi connectivity index (χ3n) is 4.25. The lowest BCUT2D eigenvalue weighted by Gasteiger charge is -2.35. The van der Waals surface area contributed by atoms with Gasteiger partial charge in [0.2, 0.25) is 10.0 Å². The molecule has 0 aromatic rings. The Labute approximate surface area is 116 Å². The van der Waals surface area contributed by atoms with Crippen LogP contribution in [-0.2, 0) is 10.0 Å². The normalized spacial score (nSPS) is 30.9. The molecule has 0 unspecified atom stereocenters. The van der Waals surface area contributed by atoms with Crippen molar-refractivity contribution in [3.63, 3.8) is 0 Å². The van der Waals surface area contributed by atoms with E-state index in [-0.39, 0.29) is 5.92 Å². The zero-order valence-corrected chi connectivity index (χ0v) is 12.3. The van der Waals surface area contributed by atoms with Crippen molar-refractivity contribution in [2.45, 2.75) is 50.6 Å². The smallest absolute Gasteiger partial charge is 0.211 e. The number of nitrogens with zero attached hydrogens (tertiary/aromatic N) is 2. The summed E-state index contributed by atoms with van der Waals surface area (Å²) in [6, 6.07) is 3.21. The SMILES string of the molecule is CS(=O)(=O)N1CCC(N[C@H]2CCC[C@H](C#N)C2)CC1. The minimum absolute atomic E-state index is 0.197. The predicted octanol–water partition coefficient (Wildman–Crippen LogP) is 1.08. The maximum absolute atomic E-state index is 11.4. The van der Waals surface area contributed by atoms with Crippen molar-refractivity contribution in [2.75, 3.05) is 19.3 Å². The van der Waals surface area contributed by atoms with Crippen LogP contribution in [0.2, 0.25) is 0 Å². The number of sulfonamides is 1. The number of nitriles is 1. The summed E-state index contributed by atoms with van der Waals surface area (Å²) < 4.78 is 24.4. The highest BCUT2D eigenvalue weighted by Gasteiger charge is 2.28. The number of hydrogen-bond acceptors (Lipinski definition) is 4. The molecule has 0 bridgehead atoms. The molecule has 1 N–H and O–H groups in total. The monoisotopic (exact) mass is 285 g/mol. The van der Waals surface area contributed by atoms with Crippen molar-refractivity contribution in [1.29, 1.82) is 5.26 Å². The van der Waals surface area contributed by atoms with E-state index in [4.69, 9.17) is 5.26 Å². The summed E-state index contributed by atoms with van der Waals surface area (Å²) in [6.07, 6.45) is 7.27. The predicted molar refractivity (Wildman–Crippen MR) is 73.9 cm³/mol. The fraction of sp³-hybridized carbons (Fsp3) is 0.923. The Morgan fingerprint density at radius 1 is 1.16 bits per heavy atom. The zero-order chi connectivity index (χ0) is 13.9. The highest BCUT2D eigenvalue weighted by Crippen LogP contribution is 2.25.